The van der Waals surface area contributed by atoms with Gasteiger partial charge in [0.2, 0.25) is 0 Å². The zero-order valence-corrected chi connectivity index (χ0v) is 51.9. The molecule has 0 bridgehead atoms. The van der Waals surface area contributed by atoms with Gasteiger partial charge in [0, 0.05) is 56.8 Å². The van der Waals surface area contributed by atoms with Crippen LogP contribution in [-0.2, 0) is 63.1 Å². The van der Waals surface area contributed by atoms with Crippen molar-refractivity contribution in [1.82, 2.24) is 19.1 Å². The van der Waals surface area contributed by atoms with E-state index in [9.17, 15) is 28.5 Å². The maximum absolute atomic E-state index is 14.7. The van der Waals surface area contributed by atoms with Crippen LogP contribution in [-0.4, -0.2) is 66.3 Å². The largest absolute Gasteiger partial charge is 0.494 e. The molecule has 10 aromatic rings. The number of nitrogens with zero attached hydrogens (tertiary/aromatic N) is 4. The minimum absolute atomic E-state index is 0.0186. The zero-order valence-electron chi connectivity index (χ0n) is 50.1. The first-order chi connectivity index (χ1) is 43.4. The normalized spacial score (nSPS) is 14.2. The van der Waals surface area contributed by atoms with Gasteiger partial charge in [-0.15, -0.1) is 0 Å². The molecular formula is C70H64N6O12P2. The van der Waals surface area contributed by atoms with Crippen LogP contribution in [0.4, 0.5) is 0 Å². The Morgan fingerprint density at radius 1 is 0.489 bits per heavy atom. The average molecular weight is 1240 g/mol. The van der Waals surface area contributed by atoms with E-state index in [2.05, 4.69) is 16.0 Å². The number of aromatic nitrogens is 4. The highest BCUT2D eigenvalue weighted by Crippen LogP contribution is 2.52. The summed E-state index contributed by atoms with van der Waals surface area (Å²) in [6.45, 7) is 7.45. The number of para-hydroxylation sites is 2. The topological polar surface area (TPSA) is 230 Å². The molecule has 0 saturated heterocycles. The van der Waals surface area contributed by atoms with Gasteiger partial charge in [-0.05, 0) is 122 Å². The van der Waals surface area contributed by atoms with Crippen molar-refractivity contribution in [3.63, 3.8) is 0 Å². The van der Waals surface area contributed by atoms with Crippen LogP contribution in [0, 0.1) is 27.7 Å². The Labute approximate surface area is 519 Å². The molecule has 0 atom stereocenters. The van der Waals surface area contributed by atoms with Gasteiger partial charge < -0.3 is 29.2 Å². The molecular weight excluding hydrogens is 1180 g/mol. The first kappa shape index (κ1) is 62.0. The number of H-pyrrole nitrogens is 2. The molecule has 20 heteroatoms. The number of aryl methyl sites for hydroxylation is 4. The quantitative estimate of drug-likeness (QED) is 0.0522. The summed E-state index contributed by atoms with van der Waals surface area (Å²) in [6.07, 6.45) is 7.49. The third-order valence-electron chi connectivity index (χ3n) is 15.0. The number of carbonyl (C=O) groups excluding carboxylic acids is 2. The predicted octanol–water partition coefficient (Wildman–Crippen LogP) is 15.0. The van der Waals surface area contributed by atoms with E-state index < -0.39 is 22.3 Å². The summed E-state index contributed by atoms with van der Waals surface area (Å²) in [5.41, 5.74) is 14.1. The number of carbonyl (C=O) groups is 2. The molecule has 0 fully saturated rings. The number of ether oxygens (including phenoxy) is 2. The van der Waals surface area contributed by atoms with E-state index in [0.29, 0.717) is 73.4 Å². The van der Waals surface area contributed by atoms with E-state index >= 15 is 0 Å². The molecule has 90 heavy (non-hydrogen) atoms. The van der Waals surface area contributed by atoms with E-state index in [1.807, 2.05) is 173 Å². The minimum atomic E-state index is -4.72. The first-order valence-electron chi connectivity index (χ1n) is 28.7. The third-order valence-corrected chi connectivity index (χ3v) is 16.8. The highest BCUT2D eigenvalue weighted by molar-refractivity contribution is 7.48. The van der Waals surface area contributed by atoms with Gasteiger partial charge in [0.15, 0.2) is 0 Å². The Morgan fingerprint density at radius 3 is 1.27 bits per heavy atom. The Kier molecular flexibility index (Phi) is 18.6. The first-order valence-corrected chi connectivity index (χ1v) is 31.7. The molecule has 0 amide bonds. The second kappa shape index (κ2) is 27.0. The van der Waals surface area contributed by atoms with Gasteiger partial charge in [0.05, 0.1) is 74.5 Å². The summed E-state index contributed by atoms with van der Waals surface area (Å²) in [7, 11) is -5.65. The van der Waals surface area contributed by atoms with Gasteiger partial charge in [-0.25, -0.2) is 19.1 Å². The maximum Gasteiger partial charge on any atom is 0.475 e. The van der Waals surface area contributed by atoms with Crippen molar-refractivity contribution in [1.29, 1.82) is 0 Å². The Morgan fingerprint density at radius 2 is 0.867 bits per heavy atom. The van der Waals surface area contributed by atoms with Gasteiger partial charge in [-0.1, -0.05) is 133 Å². The lowest BCUT2D eigenvalue weighted by molar-refractivity contribution is 0.0927. The van der Waals surface area contributed by atoms with Crippen molar-refractivity contribution in [2.24, 2.45) is 9.98 Å². The lowest BCUT2D eigenvalue weighted by Gasteiger charge is -2.19. The lowest BCUT2D eigenvalue weighted by atomic mass is 10.1. The molecule has 0 saturated carbocycles. The second-order valence-corrected chi connectivity index (χ2v) is 24.3. The fraction of sp³-hybridized carbons (Fsp3) is 0.143. The number of hydrogen-bond acceptors (Lipinski definition) is 12. The molecule has 4 aromatic heterocycles. The fourth-order valence-electron chi connectivity index (χ4n) is 10.6. The van der Waals surface area contributed by atoms with Crippen molar-refractivity contribution in [2.75, 3.05) is 14.2 Å². The summed E-state index contributed by atoms with van der Waals surface area (Å²) >= 11 is 0. The number of methoxy groups -OCH3 is 2. The summed E-state index contributed by atoms with van der Waals surface area (Å²) < 4.78 is 62.3. The molecule has 12 rings (SSSR count). The predicted molar refractivity (Wildman–Crippen MR) is 348 cm³/mol. The van der Waals surface area contributed by atoms with E-state index in [1.165, 1.54) is 0 Å². The fourth-order valence-corrected chi connectivity index (χ4v) is 12.1. The van der Waals surface area contributed by atoms with Gasteiger partial charge in [-0.3, -0.25) is 36.8 Å². The number of hydrogen-bond donors (Lipinski definition) is 4. The Hall–Kier alpha value is -9.58. The number of rotatable bonds is 20. The molecule has 4 N–H and O–H groups in total. The number of benzene rings is 6. The van der Waals surface area contributed by atoms with Crippen LogP contribution >= 0.6 is 15.6 Å². The maximum atomic E-state index is 14.7. The van der Waals surface area contributed by atoms with Crippen LogP contribution in [0.25, 0.3) is 34.0 Å². The summed E-state index contributed by atoms with van der Waals surface area (Å²) in [5, 5.41) is 1.71. The number of allylic oxidation sites excluding steroid dienone is 2. The molecule has 0 radical (unpaired) electrons. The number of nitrogens with one attached hydrogen (secondary N) is 2. The molecule has 2 aliphatic rings. The van der Waals surface area contributed by atoms with Crippen molar-refractivity contribution < 1.29 is 56.1 Å². The molecule has 2 aliphatic heterocycles. The molecule has 6 heterocycles. The van der Waals surface area contributed by atoms with Gasteiger partial charge in [0.1, 0.15) is 22.9 Å². The average Bonchev–Trinajstić information content (AvgIpc) is 1.64. The number of aliphatic imine (C=N–C) groups is 2. The van der Waals surface area contributed by atoms with Crippen LogP contribution in [0.2, 0.25) is 0 Å². The standard InChI is InChI=1S/C42H38N3O6P.C28H26N3O6P/c1-29-22-30(2)43-36(29)24-38-41(48-3)25-37(44-38)40-23-33-18-11-13-21-39(33)45(40)42(46)35-20-12-10-19-34(35)28-51-52(47,49-26-31-14-6-4-7-15-31)50-27-32-16-8-5-9-17-32;1-17-12-18(2)29-22(17)14-24-27(36-3)15-23(30-24)26-13-19-8-5-7-11-25(19)31(26)28(32)21-10-6-4-9-20(21)16-37-38(33,34)35/h4-25,43H,26-28H2,1-3H3;4-15,29H,16H2,1-3H3,(H2,33,34,35)/b38-24+;24-14+. The lowest BCUT2D eigenvalue weighted by Crippen LogP contribution is -2.19. The van der Waals surface area contributed by atoms with Crippen molar-refractivity contribution in [3.8, 4) is 0 Å². The number of aromatic amines is 2. The number of fused-ring (bicyclic) bond motifs is 2. The summed E-state index contributed by atoms with van der Waals surface area (Å²) in [4.78, 5) is 63.5. The monoisotopic (exact) mass is 1240 g/mol. The van der Waals surface area contributed by atoms with Crippen LogP contribution in [0.5, 0.6) is 0 Å². The van der Waals surface area contributed by atoms with E-state index in [0.717, 1.165) is 55.8 Å². The summed E-state index contributed by atoms with van der Waals surface area (Å²) in [6, 6.07) is 55.6. The summed E-state index contributed by atoms with van der Waals surface area (Å²) in [5.74, 6) is 0.464. The third kappa shape index (κ3) is 14.1. The molecule has 18 nitrogen and oxygen atoms in total. The van der Waals surface area contributed by atoms with Crippen LogP contribution in [0.15, 0.2) is 227 Å². The van der Waals surface area contributed by atoms with Gasteiger partial charge in [-0.2, -0.15) is 0 Å². The minimum Gasteiger partial charge on any atom is -0.494 e. The van der Waals surface area contributed by atoms with Crippen LogP contribution < -0.4 is 0 Å². The zero-order chi connectivity index (χ0) is 63.1. The van der Waals surface area contributed by atoms with E-state index in [4.69, 9.17) is 37.6 Å². The van der Waals surface area contributed by atoms with E-state index in [1.54, 1.807) is 78.0 Å². The molecule has 456 valence electrons. The van der Waals surface area contributed by atoms with Crippen molar-refractivity contribution in [3.05, 3.63) is 296 Å². The van der Waals surface area contributed by atoms with Crippen LogP contribution in [0.1, 0.15) is 88.3 Å². The SMILES string of the molecule is COC1=CC(c2cc3ccccc3n2C(=O)c2ccccc2COP(=O)(O)O)=N/C1=C/c1[nH]c(C)cc1C.COC1=CC(c2cc3ccccc3n2C(=O)c2ccccc2COP(=O)(OCc2ccccc2)OCc2ccccc2)=N/C1=C/c1[nH]c(C)cc1C. The molecule has 0 spiro atoms. The number of phosphoric ester groups is 2. The smallest absolute Gasteiger partial charge is 0.475 e. The molecule has 0 aliphatic carbocycles. The Bertz CT molecular complexity index is 4610. The van der Waals surface area contributed by atoms with E-state index in [-0.39, 0.29) is 37.2 Å². The molecule has 6 aromatic carbocycles. The Balaban J connectivity index is 0.000000195. The van der Waals surface area contributed by atoms with Gasteiger partial charge >= 0.3 is 15.6 Å². The highest BCUT2D eigenvalue weighted by Gasteiger charge is 2.31. The van der Waals surface area contributed by atoms with Crippen molar-refractivity contribution in [2.45, 2.75) is 54.1 Å². The number of phosphoric acid groups is 2. The van der Waals surface area contributed by atoms with Gasteiger partial charge in [0.25, 0.3) is 11.8 Å². The van der Waals surface area contributed by atoms with Crippen molar-refractivity contribution >= 4 is 72.8 Å². The van der Waals surface area contributed by atoms with Crippen LogP contribution in [0.3, 0.4) is 0 Å². The molecule has 0 unspecified atom stereocenters. The second-order valence-electron chi connectivity index (χ2n) is 21.4. The highest BCUT2D eigenvalue weighted by atomic mass is 31.2.